The molecule has 2 aromatic rings. The number of carbonyl (C=O) groups is 2. The van der Waals surface area contributed by atoms with E-state index >= 15 is 0 Å². The van der Waals surface area contributed by atoms with Gasteiger partial charge < -0.3 is 15.3 Å². The molecule has 1 aliphatic rings. The number of anilines is 1. The average Bonchev–Trinajstić information content (AvgIpc) is 2.95. The first-order valence-corrected chi connectivity index (χ1v) is 8.22. The van der Waals surface area contributed by atoms with Crippen molar-refractivity contribution < 1.29 is 23.5 Å². The Bertz CT molecular complexity index is 863. The molecule has 0 radical (unpaired) electrons. The first kappa shape index (κ1) is 18.3. The number of amides is 2. The van der Waals surface area contributed by atoms with E-state index in [4.69, 9.17) is 11.6 Å². The van der Waals surface area contributed by atoms with Gasteiger partial charge in [0.15, 0.2) is 0 Å². The van der Waals surface area contributed by atoms with Gasteiger partial charge >= 0.3 is 0 Å². The van der Waals surface area contributed by atoms with Crippen molar-refractivity contribution in [3.63, 3.8) is 0 Å². The van der Waals surface area contributed by atoms with E-state index in [0.29, 0.717) is 5.69 Å². The molecule has 1 heterocycles. The fourth-order valence-corrected chi connectivity index (χ4v) is 2.99. The van der Waals surface area contributed by atoms with Gasteiger partial charge in [-0.2, -0.15) is 0 Å². The van der Waals surface area contributed by atoms with Crippen LogP contribution in [0.1, 0.15) is 12.0 Å². The Kier molecular flexibility index (Phi) is 4.93. The highest BCUT2D eigenvalue weighted by Crippen LogP contribution is 2.29. The van der Waals surface area contributed by atoms with Gasteiger partial charge in [0.25, 0.3) is 11.8 Å². The quantitative estimate of drug-likeness (QED) is 0.632. The second kappa shape index (κ2) is 7.01. The van der Waals surface area contributed by atoms with Gasteiger partial charge in [-0.1, -0.05) is 29.8 Å². The van der Waals surface area contributed by atoms with E-state index < -0.39 is 41.2 Å². The minimum absolute atomic E-state index is 0.132. The maximum Gasteiger partial charge on any atom is 0.268 e. The van der Waals surface area contributed by atoms with Gasteiger partial charge in [0.1, 0.15) is 11.6 Å². The van der Waals surface area contributed by atoms with Crippen LogP contribution < -0.4 is 10.2 Å². The molecule has 0 unspecified atom stereocenters. The molecule has 0 spiro atoms. The van der Waals surface area contributed by atoms with Crippen molar-refractivity contribution in [1.82, 2.24) is 5.32 Å². The zero-order valence-corrected chi connectivity index (χ0v) is 14.3. The van der Waals surface area contributed by atoms with Crippen LogP contribution in [0.15, 0.2) is 42.5 Å². The minimum Gasteiger partial charge on any atom is -0.372 e. The molecule has 1 atom stereocenters. The van der Waals surface area contributed by atoms with Gasteiger partial charge in [-0.3, -0.25) is 9.59 Å². The third-order valence-corrected chi connectivity index (χ3v) is 4.60. The predicted octanol–water partition coefficient (Wildman–Crippen LogP) is 2.40. The Morgan fingerprint density at radius 3 is 2.62 bits per heavy atom. The molecule has 26 heavy (non-hydrogen) atoms. The molecule has 0 bridgehead atoms. The maximum absolute atomic E-state index is 13.9. The molecule has 1 fully saturated rings. The molecule has 2 aromatic carbocycles. The second-order valence-corrected chi connectivity index (χ2v) is 6.31. The number of aliphatic hydroxyl groups is 1. The van der Waals surface area contributed by atoms with Crippen molar-refractivity contribution in [2.24, 2.45) is 0 Å². The van der Waals surface area contributed by atoms with Crippen LogP contribution in [0.5, 0.6) is 0 Å². The van der Waals surface area contributed by atoms with Gasteiger partial charge in [0, 0.05) is 30.8 Å². The molecule has 1 saturated heterocycles. The third-order valence-electron chi connectivity index (χ3n) is 4.30. The lowest BCUT2D eigenvalue weighted by atomic mass is 10.0. The third kappa shape index (κ3) is 3.15. The number of nitrogens with one attached hydrogen (secondary N) is 1. The van der Waals surface area contributed by atoms with Gasteiger partial charge in [0.2, 0.25) is 5.60 Å². The minimum atomic E-state index is -2.29. The molecular formula is C18H15ClF2N2O3. The van der Waals surface area contributed by atoms with Crippen molar-refractivity contribution in [2.45, 2.75) is 18.6 Å². The highest BCUT2D eigenvalue weighted by atomic mass is 35.5. The topological polar surface area (TPSA) is 69.6 Å². The Balaban J connectivity index is 1.74. The number of nitrogens with zero attached hydrogens (tertiary/aromatic N) is 1. The molecule has 8 heteroatoms. The van der Waals surface area contributed by atoms with E-state index in [1.54, 1.807) is 30.3 Å². The van der Waals surface area contributed by atoms with Gasteiger partial charge in [-0.15, -0.1) is 0 Å². The number of halogens is 3. The summed E-state index contributed by atoms with van der Waals surface area (Å²) in [6.45, 7) is -0.398. The number of hydrogen-bond donors (Lipinski definition) is 2. The zero-order valence-electron chi connectivity index (χ0n) is 13.5. The van der Waals surface area contributed by atoms with Gasteiger partial charge in [-0.05, 0) is 24.3 Å². The van der Waals surface area contributed by atoms with Crippen molar-refractivity contribution in [3.05, 3.63) is 64.7 Å². The van der Waals surface area contributed by atoms with E-state index in [2.05, 4.69) is 5.32 Å². The molecule has 1 aliphatic heterocycles. The molecule has 2 amide bonds. The van der Waals surface area contributed by atoms with Crippen LogP contribution in [0.25, 0.3) is 0 Å². The van der Waals surface area contributed by atoms with Crippen LogP contribution >= 0.6 is 11.6 Å². The molecule has 5 nitrogen and oxygen atoms in total. The number of benzene rings is 2. The van der Waals surface area contributed by atoms with Crippen LogP contribution in [-0.2, 0) is 16.1 Å². The van der Waals surface area contributed by atoms with Crippen LogP contribution in [-0.4, -0.2) is 29.1 Å². The smallest absolute Gasteiger partial charge is 0.268 e. The van der Waals surface area contributed by atoms with Crippen LogP contribution in [0.3, 0.4) is 0 Å². The summed E-state index contributed by atoms with van der Waals surface area (Å²) in [4.78, 5) is 26.2. The average molecular weight is 381 g/mol. The summed E-state index contributed by atoms with van der Waals surface area (Å²) in [5.41, 5.74) is -2.19. The molecule has 2 N–H and O–H groups in total. The summed E-state index contributed by atoms with van der Waals surface area (Å²) < 4.78 is 27.6. The zero-order chi connectivity index (χ0) is 18.9. The fraction of sp³-hybridized carbons (Fsp3) is 0.222. The van der Waals surface area contributed by atoms with E-state index in [-0.39, 0.29) is 18.0 Å². The summed E-state index contributed by atoms with van der Waals surface area (Å²) in [6, 6.07) is 10.6. The fourth-order valence-electron chi connectivity index (χ4n) is 2.82. The van der Waals surface area contributed by atoms with E-state index in [9.17, 15) is 23.5 Å². The van der Waals surface area contributed by atoms with Gasteiger partial charge in [0.05, 0.1) is 5.02 Å². The Hall–Kier alpha value is -2.51. The summed E-state index contributed by atoms with van der Waals surface area (Å²) in [5, 5.41) is 12.4. The van der Waals surface area contributed by atoms with Crippen LogP contribution in [0.2, 0.25) is 5.02 Å². The van der Waals surface area contributed by atoms with Crippen molar-refractivity contribution in [1.29, 1.82) is 0 Å². The molecule has 3 rings (SSSR count). The lowest BCUT2D eigenvalue weighted by Gasteiger charge is -2.22. The standard InChI is InChI=1S/C18H15ClF2N2O3/c19-13-6-7-14(20)12(15(13)21)10-22-16(24)18(26)8-9-23(17(18)25)11-4-2-1-3-5-11/h1-7,26H,8-10H2,(H,22,24)/t18-/m0/s1. The van der Waals surface area contributed by atoms with Crippen LogP contribution in [0.4, 0.5) is 14.5 Å². The Morgan fingerprint density at radius 2 is 1.92 bits per heavy atom. The largest absolute Gasteiger partial charge is 0.372 e. The number of rotatable bonds is 4. The number of carbonyl (C=O) groups excluding carboxylic acids is 2. The molecule has 0 saturated carbocycles. The Labute approximate surface area is 153 Å². The normalized spacial score (nSPS) is 19.7. The molecular weight excluding hydrogens is 366 g/mol. The van der Waals surface area contributed by atoms with E-state index in [1.165, 1.54) is 4.90 Å². The highest BCUT2D eigenvalue weighted by molar-refractivity contribution is 6.30. The SMILES string of the molecule is O=C(NCc1c(F)ccc(Cl)c1F)[C@@]1(O)CCN(c2ccccc2)C1=O. The first-order chi connectivity index (χ1) is 12.3. The predicted molar refractivity (Wildman–Crippen MR) is 91.6 cm³/mol. The molecule has 136 valence electrons. The lowest BCUT2D eigenvalue weighted by Crippen LogP contribution is -2.52. The van der Waals surface area contributed by atoms with Crippen molar-refractivity contribution >= 4 is 29.1 Å². The van der Waals surface area contributed by atoms with Crippen molar-refractivity contribution in [3.8, 4) is 0 Å². The summed E-state index contributed by atoms with van der Waals surface area (Å²) in [7, 11) is 0. The maximum atomic E-state index is 13.9. The second-order valence-electron chi connectivity index (χ2n) is 5.91. The monoisotopic (exact) mass is 380 g/mol. The first-order valence-electron chi connectivity index (χ1n) is 7.84. The van der Waals surface area contributed by atoms with Crippen molar-refractivity contribution in [2.75, 3.05) is 11.4 Å². The van der Waals surface area contributed by atoms with E-state index in [1.807, 2.05) is 0 Å². The molecule has 0 aliphatic carbocycles. The summed E-state index contributed by atoms with van der Waals surface area (Å²) in [5.74, 6) is -3.68. The number of para-hydroxylation sites is 1. The Morgan fingerprint density at radius 1 is 1.23 bits per heavy atom. The van der Waals surface area contributed by atoms with Crippen LogP contribution in [0, 0.1) is 11.6 Å². The lowest BCUT2D eigenvalue weighted by molar-refractivity contribution is -0.149. The highest BCUT2D eigenvalue weighted by Gasteiger charge is 2.51. The summed E-state index contributed by atoms with van der Waals surface area (Å²) >= 11 is 5.60. The summed E-state index contributed by atoms with van der Waals surface area (Å²) in [6.07, 6.45) is -0.132. The van der Waals surface area contributed by atoms with Gasteiger partial charge in [-0.25, -0.2) is 8.78 Å². The van der Waals surface area contributed by atoms with E-state index in [0.717, 1.165) is 12.1 Å². The molecule has 0 aromatic heterocycles. The number of hydrogen-bond acceptors (Lipinski definition) is 3.